The molecule has 31 heavy (non-hydrogen) atoms. The fraction of sp³-hybridized carbons (Fsp3) is 0.679. The van der Waals surface area contributed by atoms with Gasteiger partial charge in [0.15, 0.2) is 5.78 Å². The fourth-order valence-electron chi connectivity index (χ4n) is 7.17. The molecule has 4 aliphatic carbocycles. The number of ketones is 1. The Hall–Kier alpha value is -1.45. The van der Waals surface area contributed by atoms with Gasteiger partial charge in [0.25, 0.3) is 0 Å². The van der Waals surface area contributed by atoms with Crippen molar-refractivity contribution in [1.82, 2.24) is 0 Å². The zero-order valence-corrected chi connectivity index (χ0v) is 19.6. The van der Waals surface area contributed by atoms with E-state index in [2.05, 4.69) is 38.7 Å². The summed E-state index contributed by atoms with van der Waals surface area (Å²) in [6.45, 7) is 10.6. The predicted octanol–water partition coefficient (Wildman–Crippen LogP) is 5.83. The minimum atomic E-state index is -1.26. The lowest BCUT2D eigenvalue weighted by atomic mass is 9.61. The Morgan fingerprint density at radius 1 is 1.06 bits per heavy atom. The largest absolute Gasteiger partial charge is 0.388 e. The SMILES string of the molecule is C=C1/C(=C\C=C2/CCCC3(C)C2CCC3C(C)/C=C2\CCC(=O)C2(C)O)CCCC1O. The van der Waals surface area contributed by atoms with Gasteiger partial charge in [-0.15, -0.1) is 0 Å². The first kappa shape index (κ1) is 22.7. The third kappa shape index (κ3) is 4.04. The van der Waals surface area contributed by atoms with Crippen LogP contribution in [0.15, 0.2) is 47.1 Å². The Labute approximate surface area is 188 Å². The number of hydrogen-bond acceptors (Lipinski definition) is 3. The van der Waals surface area contributed by atoms with Crippen LogP contribution in [0.3, 0.4) is 0 Å². The quantitative estimate of drug-likeness (QED) is 0.560. The molecule has 2 N–H and O–H groups in total. The van der Waals surface area contributed by atoms with Crippen molar-refractivity contribution in [3.05, 3.63) is 47.1 Å². The van der Waals surface area contributed by atoms with E-state index in [0.29, 0.717) is 30.6 Å². The summed E-state index contributed by atoms with van der Waals surface area (Å²) in [7, 11) is 0. The van der Waals surface area contributed by atoms with Gasteiger partial charge in [0, 0.05) is 6.42 Å². The van der Waals surface area contributed by atoms with Crippen molar-refractivity contribution in [3.8, 4) is 0 Å². The summed E-state index contributed by atoms with van der Waals surface area (Å²) in [6.07, 6.45) is 16.6. The summed E-state index contributed by atoms with van der Waals surface area (Å²) in [6, 6.07) is 0. The summed E-state index contributed by atoms with van der Waals surface area (Å²) in [5.74, 6) is 1.52. The molecule has 3 heteroatoms. The number of hydrogen-bond donors (Lipinski definition) is 2. The number of Topliss-reactive ketones (excluding diaryl/α,β-unsaturated/α-hetero) is 1. The fourth-order valence-corrected chi connectivity index (χ4v) is 7.17. The van der Waals surface area contributed by atoms with E-state index in [9.17, 15) is 15.0 Å². The molecule has 0 aromatic heterocycles. The van der Waals surface area contributed by atoms with Crippen LogP contribution in [0.25, 0.3) is 0 Å². The molecule has 0 aromatic rings. The van der Waals surface area contributed by atoms with Gasteiger partial charge in [0.1, 0.15) is 5.60 Å². The van der Waals surface area contributed by atoms with E-state index in [-0.39, 0.29) is 17.3 Å². The molecule has 6 unspecified atom stereocenters. The Kier molecular flexibility index (Phi) is 6.22. The van der Waals surface area contributed by atoms with Crippen LogP contribution in [0.5, 0.6) is 0 Å². The highest BCUT2D eigenvalue weighted by Gasteiger charge is 2.51. The molecule has 4 aliphatic rings. The van der Waals surface area contributed by atoms with E-state index < -0.39 is 5.60 Å². The average Bonchev–Trinajstić information content (AvgIpc) is 3.20. The van der Waals surface area contributed by atoms with Crippen LogP contribution < -0.4 is 0 Å². The zero-order valence-electron chi connectivity index (χ0n) is 19.6. The molecule has 0 heterocycles. The second-order valence-corrected chi connectivity index (χ2v) is 11.0. The molecule has 6 atom stereocenters. The molecule has 0 saturated heterocycles. The van der Waals surface area contributed by atoms with Crippen molar-refractivity contribution in [2.45, 2.75) is 96.7 Å². The highest BCUT2D eigenvalue weighted by Crippen LogP contribution is 2.59. The van der Waals surface area contributed by atoms with Crippen molar-refractivity contribution in [1.29, 1.82) is 0 Å². The van der Waals surface area contributed by atoms with Crippen LogP contribution in [0.1, 0.15) is 85.0 Å². The predicted molar refractivity (Wildman–Crippen MR) is 125 cm³/mol. The molecule has 4 saturated carbocycles. The van der Waals surface area contributed by atoms with E-state index in [1.807, 2.05) is 0 Å². The first-order chi connectivity index (χ1) is 14.6. The normalized spacial score (nSPS) is 43.8. The van der Waals surface area contributed by atoms with Crippen molar-refractivity contribution in [2.75, 3.05) is 0 Å². The van der Waals surface area contributed by atoms with Crippen LogP contribution in [-0.2, 0) is 4.79 Å². The second kappa shape index (κ2) is 8.48. The Morgan fingerprint density at radius 3 is 2.55 bits per heavy atom. The number of fused-ring (bicyclic) bond motifs is 1. The summed E-state index contributed by atoms with van der Waals surface area (Å²) in [5.41, 5.74) is 3.64. The molecular formula is C28H40O3. The maximum atomic E-state index is 12.1. The maximum absolute atomic E-state index is 12.1. The van der Waals surface area contributed by atoms with Crippen molar-refractivity contribution in [3.63, 3.8) is 0 Å². The number of allylic oxidation sites excluding steroid dienone is 4. The lowest BCUT2D eigenvalue weighted by molar-refractivity contribution is -0.129. The molecule has 4 fully saturated rings. The van der Waals surface area contributed by atoms with Gasteiger partial charge in [0.05, 0.1) is 6.10 Å². The average molecular weight is 425 g/mol. The van der Waals surface area contributed by atoms with Crippen molar-refractivity contribution >= 4 is 5.78 Å². The van der Waals surface area contributed by atoms with Crippen LogP contribution in [0.4, 0.5) is 0 Å². The van der Waals surface area contributed by atoms with Crippen LogP contribution in [0, 0.1) is 23.2 Å². The first-order valence-electron chi connectivity index (χ1n) is 12.4. The van der Waals surface area contributed by atoms with Gasteiger partial charge in [-0.3, -0.25) is 4.79 Å². The van der Waals surface area contributed by atoms with Gasteiger partial charge in [-0.25, -0.2) is 0 Å². The summed E-state index contributed by atoms with van der Waals surface area (Å²) in [4.78, 5) is 12.1. The van der Waals surface area contributed by atoms with E-state index in [1.54, 1.807) is 12.5 Å². The minimum absolute atomic E-state index is 0.0354. The van der Waals surface area contributed by atoms with Crippen LogP contribution in [0.2, 0.25) is 0 Å². The molecule has 0 amide bonds. The topological polar surface area (TPSA) is 57.5 Å². The zero-order chi connectivity index (χ0) is 22.4. The number of aliphatic hydroxyl groups excluding tert-OH is 1. The molecule has 0 spiro atoms. The number of aliphatic hydroxyl groups is 2. The number of rotatable bonds is 3. The second-order valence-electron chi connectivity index (χ2n) is 11.0. The maximum Gasteiger partial charge on any atom is 0.168 e. The van der Waals surface area contributed by atoms with Gasteiger partial charge < -0.3 is 10.2 Å². The molecule has 4 rings (SSSR count). The van der Waals surface area contributed by atoms with Crippen molar-refractivity contribution < 1.29 is 15.0 Å². The smallest absolute Gasteiger partial charge is 0.168 e. The monoisotopic (exact) mass is 424 g/mol. The lowest BCUT2D eigenvalue weighted by Gasteiger charge is -2.44. The minimum Gasteiger partial charge on any atom is -0.388 e. The van der Waals surface area contributed by atoms with Gasteiger partial charge in [0.2, 0.25) is 0 Å². The van der Waals surface area contributed by atoms with Gasteiger partial charge in [-0.1, -0.05) is 44.2 Å². The number of carbonyl (C=O) groups is 1. The van der Waals surface area contributed by atoms with Crippen LogP contribution in [-0.4, -0.2) is 27.7 Å². The highest BCUT2D eigenvalue weighted by molar-refractivity contribution is 5.93. The van der Waals surface area contributed by atoms with E-state index in [4.69, 9.17) is 0 Å². The van der Waals surface area contributed by atoms with Gasteiger partial charge in [-0.2, -0.15) is 0 Å². The Balaban J connectivity index is 1.54. The lowest BCUT2D eigenvalue weighted by Crippen LogP contribution is -2.36. The molecule has 0 radical (unpaired) electrons. The standard InChI is InChI=1S/C28H40O3/c1-18(17-22-12-15-26(30)28(22,4)31)23-13-14-24-21(8-6-16-27(23,24)3)11-10-20-7-5-9-25(29)19(20)2/h10-11,17-18,23-25,29,31H,2,5-9,12-16H2,1,3-4H3/b20-10-,21-11+,22-17+. The van der Waals surface area contributed by atoms with Gasteiger partial charge >= 0.3 is 0 Å². The third-order valence-corrected chi connectivity index (χ3v) is 9.16. The molecule has 3 nitrogen and oxygen atoms in total. The summed E-state index contributed by atoms with van der Waals surface area (Å²) in [5, 5.41) is 20.8. The first-order valence-corrected chi connectivity index (χ1v) is 12.4. The Morgan fingerprint density at radius 2 is 1.84 bits per heavy atom. The van der Waals surface area contributed by atoms with E-state index in [1.165, 1.54) is 37.7 Å². The third-order valence-electron chi connectivity index (χ3n) is 9.16. The molecule has 0 aliphatic heterocycles. The molecular weight excluding hydrogens is 384 g/mol. The summed E-state index contributed by atoms with van der Waals surface area (Å²) >= 11 is 0. The van der Waals surface area contributed by atoms with Gasteiger partial charge in [-0.05, 0) is 105 Å². The van der Waals surface area contributed by atoms with Crippen LogP contribution >= 0.6 is 0 Å². The Bertz CT molecular complexity index is 842. The molecule has 0 bridgehead atoms. The summed E-state index contributed by atoms with van der Waals surface area (Å²) < 4.78 is 0. The van der Waals surface area contributed by atoms with E-state index in [0.717, 1.165) is 30.4 Å². The highest BCUT2D eigenvalue weighted by atomic mass is 16.3. The molecule has 0 aromatic carbocycles. The van der Waals surface area contributed by atoms with E-state index >= 15 is 0 Å². The van der Waals surface area contributed by atoms with Crippen molar-refractivity contribution in [2.24, 2.45) is 23.2 Å². The molecule has 170 valence electrons. The number of carbonyl (C=O) groups excluding carboxylic acids is 1.